The van der Waals surface area contributed by atoms with Gasteiger partial charge in [0.05, 0.1) is 5.54 Å². The van der Waals surface area contributed by atoms with Gasteiger partial charge in [0.2, 0.25) is 5.90 Å². The number of hydrogen-bond acceptors (Lipinski definition) is 5. The first-order chi connectivity index (χ1) is 16.8. The highest BCUT2D eigenvalue weighted by Gasteiger charge is 2.40. The Hall–Kier alpha value is -3.93. The highest BCUT2D eigenvalue weighted by molar-refractivity contribution is 5.98. The minimum atomic E-state index is -0.531. The van der Waals surface area contributed by atoms with E-state index in [4.69, 9.17) is 15.6 Å². The van der Waals surface area contributed by atoms with Crippen LogP contribution in [0.15, 0.2) is 72.8 Å². The average Bonchev–Trinajstić information content (AvgIpc) is 3.70. The zero-order valence-electron chi connectivity index (χ0n) is 19.6. The molecule has 1 aliphatic carbocycles. The number of phenolic OH excluding ortho intramolecular Hbond substituents is 1. The second-order valence-corrected chi connectivity index (χ2v) is 9.35. The minimum Gasteiger partial charge on any atom is -0.508 e. The van der Waals surface area contributed by atoms with Crippen molar-refractivity contribution in [3.63, 3.8) is 0 Å². The van der Waals surface area contributed by atoms with E-state index in [1.165, 1.54) is 12.1 Å². The second kappa shape index (κ2) is 9.02. The molecule has 178 valence electrons. The molecule has 5 nitrogen and oxygen atoms in total. The summed E-state index contributed by atoms with van der Waals surface area (Å²) in [7, 11) is 0. The highest BCUT2D eigenvalue weighted by atomic mass is 19.1. The second-order valence-electron chi connectivity index (χ2n) is 9.35. The van der Waals surface area contributed by atoms with Crippen LogP contribution in [-0.4, -0.2) is 23.4 Å². The molecule has 0 bridgehead atoms. The molecular formula is C29H28FN3O2. The number of phenols is 1. The van der Waals surface area contributed by atoms with Gasteiger partial charge in [0.1, 0.15) is 11.6 Å². The van der Waals surface area contributed by atoms with Crippen LogP contribution in [0.5, 0.6) is 5.75 Å². The van der Waals surface area contributed by atoms with Gasteiger partial charge >= 0.3 is 0 Å². The van der Waals surface area contributed by atoms with Gasteiger partial charge in [0.15, 0.2) is 5.90 Å². The van der Waals surface area contributed by atoms with Crippen molar-refractivity contribution in [2.75, 3.05) is 11.4 Å². The summed E-state index contributed by atoms with van der Waals surface area (Å²) in [6.07, 6.45) is 6.08. The number of nitrogens with one attached hydrogen (secondary N) is 2. The molecular weight excluding hydrogens is 441 g/mol. The van der Waals surface area contributed by atoms with Crippen molar-refractivity contribution in [3.8, 4) is 5.75 Å². The molecule has 0 saturated heterocycles. The lowest BCUT2D eigenvalue weighted by Crippen LogP contribution is -2.49. The Morgan fingerprint density at radius 2 is 1.77 bits per heavy atom. The SMILES string of the molecule is CC1(c2ccc(/C=C/C(=N)OC(=N)C3CC3)cc2)c2ccc(O)cc2CCN1c1ccc(F)cc1. The zero-order chi connectivity index (χ0) is 24.6. The third-order valence-corrected chi connectivity index (χ3v) is 6.96. The van der Waals surface area contributed by atoms with Gasteiger partial charge in [-0.2, -0.15) is 0 Å². The summed E-state index contributed by atoms with van der Waals surface area (Å²) in [5.41, 5.74) is 4.57. The average molecular weight is 470 g/mol. The summed E-state index contributed by atoms with van der Waals surface area (Å²) >= 11 is 0. The quantitative estimate of drug-likeness (QED) is 0.305. The Morgan fingerprint density at radius 1 is 1.06 bits per heavy atom. The molecule has 0 spiro atoms. The maximum absolute atomic E-state index is 13.7. The molecule has 3 N–H and O–H groups in total. The van der Waals surface area contributed by atoms with Gasteiger partial charge in [-0.05, 0) is 90.9 Å². The van der Waals surface area contributed by atoms with Crippen molar-refractivity contribution in [1.29, 1.82) is 10.8 Å². The minimum absolute atomic E-state index is 0.0403. The third-order valence-electron chi connectivity index (χ3n) is 6.96. The normalized spacial score (nSPS) is 19.4. The van der Waals surface area contributed by atoms with Crippen LogP contribution in [0.25, 0.3) is 6.08 Å². The van der Waals surface area contributed by atoms with E-state index < -0.39 is 5.54 Å². The molecule has 0 amide bonds. The molecule has 6 heteroatoms. The van der Waals surface area contributed by atoms with Crippen LogP contribution in [0, 0.1) is 22.6 Å². The standard InChI is InChI=1S/C29H28FN3O2/c1-29(22-7-2-19(3-8-22)4-15-27(31)35-28(32)20-5-6-20)26-14-13-25(34)18-21(26)16-17-33(29)24-11-9-23(30)10-12-24/h2-4,7-15,18,20,31-32,34H,5-6,16-17H2,1H3/b15-4+,31-27?,32-28?. The number of anilines is 1. The first-order valence-corrected chi connectivity index (χ1v) is 11.8. The fraction of sp³-hybridized carbons (Fsp3) is 0.241. The largest absolute Gasteiger partial charge is 0.508 e. The number of nitrogens with zero attached hydrogens (tertiary/aromatic N) is 1. The molecule has 1 heterocycles. The molecule has 1 atom stereocenters. The van der Waals surface area contributed by atoms with E-state index in [-0.39, 0.29) is 29.3 Å². The summed E-state index contributed by atoms with van der Waals surface area (Å²) in [6.45, 7) is 2.88. The summed E-state index contributed by atoms with van der Waals surface area (Å²) in [4.78, 5) is 2.28. The van der Waals surface area contributed by atoms with Gasteiger partial charge in [-0.1, -0.05) is 30.3 Å². The van der Waals surface area contributed by atoms with Gasteiger partial charge < -0.3 is 14.7 Å². The van der Waals surface area contributed by atoms with Crippen molar-refractivity contribution >= 4 is 23.6 Å². The Kier molecular flexibility index (Phi) is 5.89. The molecule has 3 aromatic carbocycles. The first kappa shape index (κ1) is 22.8. The number of halogens is 1. The molecule has 5 rings (SSSR count). The van der Waals surface area contributed by atoms with E-state index in [1.54, 1.807) is 30.4 Å². The molecule has 1 fully saturated rings. The smallest absolute Gasteiger partial charge is 0.213 e. The number of benzene rings is 3. The van der Waals surface area contributed by atoms with Crippen molar-refractivity contribution in [1.82, 2.24) is 0 Å². The monoisotopic (exact) mass is 469 g/mol. The van der Waals surface area contributed by atoms with Crippen LogP contribution < -0.4 is 4.90 Å². The van der Waals surface area contributed by atoms with Gasteiger partial charge in [0, 0.05) is 24.2 Å². The van der Waals surface area contributed by atoms with E-state index >= 15 is 0 Å². The van der Waals surface area contributed by atoms with E-state index in [1.807, 2.05) is 24.3 Å². The van der Waals surface area contributed by atoms with Crippen LogP contribution in [0.2, 0.25) is 0 Å². The predicted molar refractivity (Wildman–Crippen MR) is 137 cm³/mol. The van der Waals surface area contributed by atoms with Gasteiger partial charge in [-0.25, -0.2) is 4.39 Å². The van der Waals surface area contributed by atoms with Crippen LogP contribution >= 0.6 is 0 Å². The number of ether oxygens (including phenoxy) is 1. The van der Waals surface area contributed by atoms with Crippen LogP contribution in [0.4, 0.5) is 10.1 Å². The third kappa shape index (κ3) is 4.56. The van der Waals surface area contributed by atoms with E-state index in [2.05, 4.69) is 24.0 Å². The van der Waals surface area contributed by atoms with Crippen molar-refractivity contribution < 1.29 is 14.2 Å². The molecule has 35 heavy (non-hydrogen) atoms. The Bertz CT molecular complexity index is 1300. The fourth-order valence-corrected chi connectivity index (χ4v) is 4.85. The van der Waals surface area contributed by atoms with Crippen molar-refractivity contribution in [3.05, 3.63) is 101 Å². The van der Waals surface area contributed by atoms with E-state index in [9.17, 15) is 9.50 Å². The highest BCUT2D eigenvalue weighted by Crippen LogP contribution is 2.44. The molecule has 1 saturated carbocycles. The molecule has 0 aromatic heterocycles. The lowest BCUT2D eigenvalue weighted by molar-refractivity contribution is 0.463. The Morgan fingerprint density at radius 3 is 2.46 bits per heavy atom. The number of fused-ring (bicyclic) bond motifs is 1. The van der Waals surface area contributed by atoms with Gasteiger partial charge in [-0.15, -0.1) is 0 Å². The summed E-state index contributed by atoms with van der Waals surface area (Å²) in [6, 6.07) is 20.2. The molecule has 0 radical (unpaired) electrons. The Labute approximate surface area is 204 Å². The molecule has 1 aliphatic heterocycles. The summed E-state index contributed by atoms with van der Waals surface area (Å²) in [5, 5.41) is 25.8. The number of aromatic hydroxyl groups is 1. The van der Waals surface area contributed by atoms with Crippen LogP contribution in [0.1, 0.15) is 42.0 Å². The lowest BCUT2D eigenvalue weighted by Gasteiger charge is -2.48. The van der Waals surface area contributed by atoms with E-state index in [0.717, 1.165) is 53.7 Å². The zero-order valence-corrected chi connectivity index (χ0v) is 19.6. The van der Waals surface area contributed by atoms with Crippen molar-refractivity contribution in [2.45, 2.75) is 31.7 Å². The molecule has 1 unspecified atom stereocenters. The van der Waals surface area contributed by atoms with E-state index in [0.29, 0.717) is 0 Å². The predicted octanol–water partition coefficient (Wildman–Crippen LogP) is 6.25. The lowest BCUT2D eigenvalue weighted by atomic mass is 9.76. The van der Waals surface area contributed by atoms with Crippen LogP contribution in [-0.2, 0) is 16.7 Å². The molecule has 2 aliphatic rings. The molecule has 3 aromatic rings. The maximum Gasteiger partial charge on any atom is 0.213 e. The maximum atomic E-state index is 13.7. The van der Waals surface area contributed by atoms with Crippen molar-refractivity contribution in [2.24, 2.45) is 5.92 Å². The topological polar surface area (TPSA) is 80.4 Å². The van der Waals surface area contributed by atoms with Gasteiger partial charge in [0.25, 0.3) is 0 Å². The summed E-state index contributed by atoms with van der Waals surface area (Å²) < 4.78 is 18.9. The Balaban J connectivity index is 1.46. The fourth-order valence-electron chi connectivity index (χ4n) is 4.85. The summed E-state index contributed by atoms with van der Waals surface area (Å²) in [5.74, 6) is 0.289. The van der Waals surface area contributed by atoms with Crippen LogP contribution in [0.3, 0.4) is 0 Å². The number of hydrogen-bond donors (Lipinski definition) is 3. The number of rotatable bonds is 5. The first-order valence-electron chi connectivity index (χ1n) is 11.8. The van der Waals surface area contributed by atoms with Gasteiger partial charge in [-0.3, -0.25) is 10.8 Å².